The molecule has 1 aromatic carbocycles. The van der Waals surface area contributed by atoms with Gasteiger partial charge in [0.25, 0.3) is 0 Å². The van der Waals surface area contributed by atoms with Gasteiger partial charge in [0.15, 0.2) is 0 Å². The standard InChI is InChI=1S/C14H17F3N2OS/c1-2-11-7-12(20)19-13(18-11)21-8-9-3-5-10(6-4-9)14(15,16)17/h3-6,11,13,18H,2,7-8H2,1H3,(H,19,20). The second kappa shape index (κ2) is 6.70. The fourth-order valence-electron chi connectivity index (χ4n) is 2.07. The zero-order chi connectivity index (χ0) is 15.5. The van der Waals surface area contributed by atoms with Gasteiger partial charge >= 0.3 is 6.18 Å². The predicted molar refractivity (Wildman–Crippen MR) is 76.5 cm³/mol. The van der Waals surface area contributed by atoms with Crippen LogP contribution in [0.25, 0.3) is 0 Å². The number of benzene rings is 1. The minimum atomic E-state index is -4.31. The van der Waals surface area contributed by atoms with Gasteiger partial charge in [-0.2, -0.15) is 13.2 Å². The van der Waals surface area contributed by atoms with E-state index in [0.29, 0.717) is 12.2 Å². The van der Waals surface area contributed by atoms with E-state index >= 15 is 0 Å². The maximum absolute atomic E-state index is 12.5. The fraction of sp³-hybridized carbons (Fsp3) is 0.500. The van der Waals surface area contributed by atoms with E-state index in [-0.39, 0.29) is 17.4 Å². The molecule has 2 unspecified atom stereocenters. The summed E-state index contributed by atoms with van der Waals surface area (Å²) in [5.41, 5.74) is -0.0486. The quantitative estimate of drug-likeness (QED) is 0.896. The van der Waals surface area contributed by atoms with Crippen molar-refractivity contribution >= 4 is 17.7 Å². The van der Waals surface area contributed by atoms with Crippen LogP contribution in [0.4, 0.5) is 13.2 Å². The van der Waals surface area contributed by atoms with Gasteiger partial charge in [-0.05, 0) is 24.1 Å². The third kappa shape index (κ3) is 4.64. The Morgan fingerprint density at radius 3 is 2.52 bits per heavy atom. The van der Waals surface area contributed by atoms with Crippen LogP contribution in [0.1, 0.15) is 30.9 Å². The molecule has 3 nitrogen and oxygen atoms in total. The van der Waals surface area contributed by atoms with Crippen molar-refractivity contribution in [3.8, 4) is 0 Å². The van der Waals surface area contributed by atoms with E-state index in [1.165, 1.54) is 23.9 Å². The summed E-state index contributed by atoms with van der Waals surface area (Å²) in [5, 5.41) is 6.11. The largest absolute Gasteiger partial charge is 0.416 e. The Hall–Kier alpha value is -1.21. The number of alkyl halides is 3. The van der Waals surface area contributed by atoms with Crippen LogP contribution in [0, 0.1) is 0 Å². The first-order valence-corrected chi connectivity index (χ1v) is 7.76. The number of hydrogen-bond donors (Lipinski definition) is 2. The van der Waals surface area contributed by atoms with E-state index in [0.717, 1.165) is 24.1 Å². The highest BCUT2D eigenvalue weighted by atomic mass is 32.2. The average molecular weight is 318 g/mol. The van der Waals surface area contributed by atoms with Crippen molar-refractivity contribution in [2.24, 2.45) is 0 Å². The summed E-state index contributed by atoms with van der Waals surface area (Å²) in [7, 11) is 0. The first-order valence-electron chi connectivity index (χ1n) is 6.71. The Kier molecular flexibility index (Phi) is 5.16. The molecule has 1 aliphatic rings. The number of carbonyl (C=O) groups is 1. The molecule has 0 bridgehead atoms. The monoisotopic (exact) mass is 318 g/mol. The zero-order valence-electron chi connectivity index (χ0n) is 11.5. The highest BCUT2D eigenvalue weighted by Gasteiger charge is 2.30. The summed E-state index contributed by atoms with van der Waals surface area (Å²) in [6, 6.07) is 5.26. The van der Waals surface area contributed by atoms with Crippen molar-refractivity contribution in [1.29, 1.82) is 0 Å². The van der Waals surface area contributed by atoms with Crippen molar-refractivity contribution < 1.29 is 18.0 Å². The lowest BCUT2D eigenvalue weighted by Gasteiger charge is -2.30. The van der Waals surface area contributed by atoms with Crippen LogP contribution < -0.4 is 10.6 Å². The van der Waals surface area contributed by atoms with Gasteiger partial charge in [0.2, 0.25) is 5.91 Å². The van der Waals surface area contributed by atoms with Crippen LogP contribution in [0.2, 0.25) is 0 Å². The van der Waals surface area contributed by atoms with Gasteiger partial charge in [0, 0.05) is 18.2 Å². The molecule has 1 heterocycles. The van der Waals surface area contributed by atoms with Crippen molar-refractivity contribution in [3.05, 3.63) is 35.4 Å². The number of thioether (sulfide) groups is 1. The number of hydrogen-bond acceptors (Lipinski definition) is 3. The molecule has 1 saturated heterocycles. The SMILES string of the molecule is CCC1CC(=O)NC(SCc2ccc(C(F)(F)F)cc2)N1. The Morgan fingerprint density at radius 1 is 1.29 bits per heavy atom. The second-order valence-corrected chi connectivity index (χ2v) is 6.02. The molecule has 0 aromatic heterocycles. The van der Waals surface area contributed by atoms with Crippen LogP contribution in [0.5, 0.6) is 0 Å². The maximum atomic E-state index is 12.5. The number of nitrogens with one attached hydrogen (secondary N) is 2. The summed E-state index contributed by atoms with van der Waals surface area (Å²) >= 11 is 1.46. The van der Waals surface area contributed by atoms with E-state index in [1.807, 2.05) is 6.92 Å². The molecule has 0 radical (unpaired) electrons. The molecule has 2 rings (SSSR count). The summed E-state index contributed by atoms with van der Waals surface area (Å²) in [4.78, 5) is 11.5. The number of amides is 1. The van der Waals surface area contributed by atoms with Crippen LogP contribution in [-0.4, -0.2) is 17.4 Å². The fourth-order valence-corrected chi connectivity index (χ4v) is 3.12. The molecule has 1 aliphatic heterocycles. The van der Waals surface area contributed by atoms with Gasteiger partial charge in [-0.25, -0.2) is 0 Å². The summed E-state index contributed by atoms with van der Waals surface area (Å²) < 4.78 is 37.4. The Morgan fingerprint density at radius 2 is 1.95 bits per heavy atom. The average Bonchev–Trinajstić information content (AvgIpc) is 2.44. The summed E-state index contributed by atoms with van der Waals surface area (Å²) in [5.74, 6) is 0.539. The lowest BCUT2D eigenvalue weighted by Crippen LogP contribution is -2.54. The molecule has 2 atom stereocenters. The zero-order valence-corrected chi connectivity index (χ0v) is 12.4. The van der Waals surface area contributed by atoms with E-state index in [2.05, 4.69) is 10.6 Å². The Bertz CT molecular complexity index is 490. The van der Waals surface area contributed by atoms with Gasteiger partial charge in [-0.3, -0.25) is 10.1 Å². The predicted octanol–water partition coefficient (Wildman–Crippen LogP) is 3.11. The molecule has 0 saturated carbocycles. The normalized spacial score (nSPS) is 23.0. The highest BCUT2D eigenvalue weighted by molar-refractivity contribution is 7.99. The van der Waals surface area contributed by atoms with Gasteiger partial charge in [0.1, 0.15) is 5.50 Å². The molecular formula is C14H17F3N2OS. The molecule has 1 amide bonds. The van der Waals surface area contributed by atoms with Crippen molar-refractivity contribution in [2.75, 3.05) is 0 Å². The Labute approximate surface area is 125 Å². The van der Waals surface area contributed by atoms with Crippen molar-refractivity contribution in [1.82, 2.24) is 10.6 Å². The third-order valence-corrected chi connectivity index (χ3v) is 4.39. The van der Waals surface area contributed by atoms with Gasteiger partial charge in [-0.1, -0.05) is 19.1 Å². The number of rotatable bonds is 4. The first-order chi connectivity index (χ1) is 9.88. The smallest absolute Gasteiger partial charge is 0.332 e. The summed E-state index contributed by atoms with van der Waals surface area (Å²) in [6.45, 7) is 2.01. The van der Waals surface area contributed by atoms with E-state index < -0.39 is 11.7 Å². The molecule has 1 aromatic rings. The van der Waals surface area contributed by atoms with Crippen LogP contribution in [0.15, 0.2) is 24.3 Å². The van der Waals surface area contributed by atoms with Crippen LogP contribution >= 0.6 is 11.8 Å². The van der Waals surface area contributed by atoms with Crippen LogP contribution in [0.3, 0.4) is 0 Å². The molecule has 0 spiro atoms. The molecule has 7 heteroatoms. The molecule has 0 aliphatic carbocycles. The van der Waals surface area contributed by atoms with Gasteiger partial charge in [-0.15, -0.1) is 11.8 Å². The van der Waals surface area contributed by atoms with Gasteiger partial charge < -0.3 is 5.32 Å². The lowest BCUT2D eigenvalue weighted by atomic mass is 10.1. The number of halogens is 3. The van der Waals surface area contributed by atoms with E-state index in [4.69, 9.17) is 0 Å². The summed E-state index contributed by atoms with van der Waals surface area (Å²) in [6.07, 6.45) is -2.97. The molecule has 116 valence electrons. The minimum Gasteiger partial charge on any atom is -0.332 e. The molecule has 1 fully saturated rings. The lowest BCUT2D eigenvalue weighted by molar-refractivity contribution is -0.137. The maximum Gasteiger partial charge on any atom is 0.416 e. The Balaban J connectivity index is 1.89. The molecule has 2 N–H and O–H groups in total. The first kappa shape index (κ1) is 16.2. The van der Waals surface area contributed by atoms with Crippen molar-refractivity contribution in [3.63, 3.8) is 0 Å². The third-order valence-electron chi connectivity index (χ3n) is 3.30. The topological polar surface area (TPSA) is 41.1 Å². The highest BCUT2D eigenvalue weighted by Crippen LogP contribution is 2.29. The molecule has 21 heavy (non-hydrogen) atoms. The molecular weight excluding hydrogens is 301 g/mol. The minimum absolute atomic E-state index is 0.00511. The van der Waals surface area contributed by atoms with E-state index in [9.17, 15) is 18.0 Å². The van der Waals surface area contributed by atoms with E-state index in [1.54, 1.807) is 0 Å². The van der Waals surface area contributed by atoms with Crippen molar-refractivity contribution in [2.45, 2.75) is 43.2 Å². The second-order valence-electron chi connectivity index (χ2n) is 4.93. The van der Waals surface area contributed by atoms with Gasteiger partial charge in [0.05, 0.1) is 5.56 Å². The van der Waals surface area contributed by atoms with Crippen LogP contribution in [-0.2, 0) is 16.7 Å². The number of carbonyl (C=O) groups excluding carboxylic acids is 1.